The topological polar surface area (TPSA) is 62.5 Å². The Labute approximate surface area is 438 Å². The average molecular weight is 959 g/mol. The lowest BCUT2D eigenvalue weighted by atomic mass is 9.86. The summed E-state index contributed by atoms with van der Waals surface area (Å²) >= 11 is 0. The fourth-order valence-corrected chi connectivity index (χ4v) is 9.84. The van der Waals surface area contributed by atoms with Gasteiger partial charge in [-0.15, -0.1) is 0 Å². The first-order valence-corrected chi connectivity index (χ1v) is 25.9. The molecular weight excluding hydrogens is 897 g/mol. The maximum Gasteiger partial charge on any atom is 0.0991 e. The van der Waals surface area contributed by atoms with E-state index in [1.165, 1.54) is 50.1 Å². The van der Waals surface area contributed by atoms with Crippen molar-refractivity contribution >= 4 is 0 Å². The van der Waals surface area contributed by atoms with E-state index in [1.807, 2.05) is 55.0 Å². The third-order valence-corrected chi connectivity index (χ3v) is 14.3. The van der Waals surface area contributed by atoms with Crippen LogP contribution in [0.25, 0.3) is 78.3 Å². The van der Waals surface area contributed by atoms with Gasteiger partial charge in [0.25, 0.3) is 0 Å². The Morgan fingerprint density at radius 1 is 0.324 bits per heavy atom. The first-order chi connectivity index (χ1) is 35.8. The number of nitrogens with zero attached hydrogens (tertiary/aromatic N) is 4. The highest BCUT2D eigenvalue weighted by atomic mass is 14.7. The zero-order valence-electron chi connectivity index (χ0n) is 43.4. The van der Waals surface area contributed by atoms with Crippen molar-refractivity contribution in [1.82, 2.24) is 15.0 Å². The Bertz CT molecular complexity index is 3470. The maximum absolute atomic E-state index is 9.40. The highest BCUT2D eigenvalue weighted by Crippen LogP contribution is 2.41. The molecule has 3 aromatic heterocycles. The molecule has 0 radical (unpaired) electrons. The van der Waals surface area contributed by atoms with E-state index in [2.05, 4.69) is 211 Å². The summed E-state index contributed by atoms with van der Waals surface area (Å²) < 4.78 is 0. The fourth-order valence-electron chi connectivity index (χ4n) is 9.84. The molecule has 10 rings (SSSR count). The van der Waals surface area contributed by atoms with Gasteiger partial charge in [0.15, 0.2) is 0 Å². The second kappa shape index (κ2) is 21.3. The lowest BCUT2D eigenvalue weighted by Gasteiger charge is -2.19. The number of aromatic nitrogens is 3. The SMILES string of the molecule is CC(C)(C)c1ccnc(-c2ccc(CCc3cc(CCc4ccc(-c5cc(C(C)(C)C)ccn5)cc4)cc(-c4ccccc4-c4ccc(-c5ccccn5)cc4-c4ccc(-c5ccc(C#N)cc5)cc4)c3)cc2)c1. The molecule has 0 spiro atoms. The standard InChI is InChI=1S/C70H62N4/c1-69(2,3)60-36-39-73-67(45-60)56-26-18-48(19-27-56)14-16-51-41-52(17-15-49-20-28-57(29-21-49)68-46-61(37-40-74-68)70(4,5)6)43-59(42-51)62-11-7-8-12-63(62)64-35-34-58(66-13-9-10-38-72-66)44-65(64)55-32-30-54(31-33-55)53-24-22-50(47-71)23-25-53/h7-13,18-46H,14-17H2,1-6H3. The fraction of sp³-hybridized carbons (Fsp3) is 0.171. The Morgan fingerprint density at radius 2 is 0.770 bits per heavy atom. The molecule has 4 heteroatoms. The van der Waals surface area contributed by atoms with Crippen LogP contribution in [0.5, 0.6) is 0 Å². The molecule has 0 amide bonds. The normalized spacial score (nSPS) is 11.6. The summed E-state index contributed by atoms with van der Waals surface area (Å²) in [6, 6.07) is 74.5. The summed E-state index contributed by atoms with van der Waals surface area (Å²) in [5.41, 5.74) is 24.0. The number of aryl methyl sites for hydroxylation is 4. The third kappa shape index (κ3) is 11.4. The van der Waals surface area contributed by atoms with Crippen LogP contribution in [0.2, 0.25) is 0 Å². The smallest absolute Gasteiger partial charge is 0.0991 e. The third-order valence-electron chi connectivity index (χ3n) is 14.3. The molecule has 0 bridgehead atoms. The van der Waals surface area contributed by atoms with Crippen LogP contribution in [-0.2, 0) is 36.5 Å². The number of benzene rings is 7. The number of pyridine rings is 3. The van der Waals surface area contributed by atoms with E-state index in [1.54, 1.807) is 0 Å². The lowest BCUT2D eigenvalue weighted by molar-refractivity contribution is 0.589. The van der Waals surface area contributed by atoms with E-state index in [4.69, 9.17) is 15.0 Å². The monoisotopic (exact) mass is 958 g/mol. The molecule has 3 heterocycles. The number of rotatable bonds is 13. The van der Waals surface area contributed by atoms with Crippen LogP contribution >= 0.6 is 0 Å². The van der Waals surface area contributed by atoms with E-state index < -0.39 is 0 Å². The first-order valence-electron chi connectivity index (χ1n) is 25.9. The summed E-state index contributed by atoms with van der Waals surface area (Å²) in [5.74, 6) is 0. The minimum absolute atomic E-state index is 0.0567. The van der Waals surface area contributed by atoms with E-state index in [9.17, 15) is 5.26 Å². The molecule has 362 valence electrons. The average Bonchev–Trinajstić information content (AvgIpc) is 3.44. The summed E-state index contributed by atoms with van der Waals surface area (Å²) in [6.45, 7) is 13.5. The van der Waals surface area contributed by atoms with E-state index in [-0.39, 0.29) is 10.8 Å². The van der Waals surface area contributed by atoms with Gasteiger partial charge in [0.2, 0.25) is 0 Å². The van der Waals surface area contributed by atoms with Gasteiger partial charge in [-0.2, -0.15) is 5.26 Å². The minimum Gasteiger partial charge on any atom is -0.256 e. The molecule has 4 nitrogen and oxygen atoms in total. The predicted molar refractivity (Wildman–Crippen MR) is 308 cm³/mol. The van der Waals surface area contributed by atoms with Crippen LogP contribution in [-0.4, -0.2) is 15.0 Å². The van der Waals surface area contributed by atoms with Crippen LogP contribution in [0.4, 0.5) is 0 Å². The summed E-state index contributed by atoms with van der Waals surface area (Å²) in [6.07, 6.45) is 9.38. The van der Waals surface area contributed by atoms with Crippen molar-refractivity contribution in [2.75, 3.05) is 0 Å². The van der Waals surface area contributed by atoms with E-state index >= 15 is 0 Å². The largest absolute Gasteiger partial charge is 0.256 e. The van der Waals surface area contributed by atoms with Gasteiger partial charge >= 0.3 is 0 Å². The van der Waals surface area contributed by atoms with E-state index in [0.29, 0.717) is 5.56 Å². The molecule has 10 aromatic rings. The van der Waals surface area contributed by atoms with Gasteiger partial charge in [0, 0.05) is 35.3 Å². The molecule has 0 saturated carbocycles. The van der Waals surface area contributed by atoms with Gasteiger partial charge in [0.1, 0.15) is 0 Å². The van der Waals surface area contributed by atoms with Crippen molar-refractivity contribution < 1.29 is 0 Å². The molecule has 0 unspecified atom stereocenters. The highest BCUT2D eigenvalue weighted by Gasteiger charge is 2.19. The van der Waals surface area contributed by atoms with Crippen LogP contribution in [0.3, 0.4) is 0 Å². The Kier molecular flexibility index (Phi) is 14.1. The minimum atomic E-state index is 0.0567. The summed E-state index contributed by atoms with van der Waals surface area (Å²) in [4.78, 5) is 14.2. The Hall–Kier alpha value is -8.52. The van der Waals surface area contributed by atoms with Crippen molar-refractivity contribution in [1.29, 1.82) is 5.26 Å². The zero-order valence-corrected chi connectivity index (χ0v) is 43.4. The number of hydrogen-bond donors (Lipinski definition) is 0. The van der Waals surface area contributed by atoms with Crippen LogP contribution in [0.1, 0.15) is 80.5 Å². The van der Waals surface area contributed by atoms with Gasteiger partial charge in [0.05, 0.1) is 28.7 Å². The number of hydrogen-bond acceptors (Lipinski definition) is 4. The molecular formula is C70H62N4. The molecule has 7 aromatic carbocycles. The summed E-state index contributed by atoms with van der Waals surface area (Å²) in [7, 11) is 0. The van der Waals surface area contributed by atoms with Gasteiger partial charge in [-0.1, -0.05) is 187 Å². The van der Waals surface area contributed by atoms with Crippen molar-refractivity contribution in [3.63, 3.8) is 0 Å². The molecule has 0 atom stereocenters. The van der Waals surface area contributed by atoms with Crippen LogP contribution in [0, 0.1) is 11.3 Å². The number of nitriles is 1. The molecule has 0 fully saturated rings. The second-order valence-corrected chi connectivity index (χ2v) is 21.6. The first kappa shape index (κ1) is 49.1. The molecule has 0 aliphatic heterocycles. The molecule has 0 aliphatic rings. The van der Waals surface area contributed by atoms with E-state index in [0.717, 1.165) is 87.3 Å². The highest BCUT2D eigenvalue weighted by molar-refractivity contribution is 5.94. The zero-order chi connectivity index (χ0) is 51.2. The van der Waals surface area contributed by atoms with Gasteiger partial charge in [-0.3, -0.25) is 15.0 Å². The van der Waals surface area contributed by atoms with Crippen molar-refractivity contribution in [3.8, 4) is 84.3 Å². The molecule has 0 saturated heterocycles. The molecule has 0 aliphatic carbocycles. The van der Waals surface area contributed by atoms with Gasteiger partial charge < -0.3 is 0 Å². The van der Waals surface area contributed by atoms with Gasteiger partial charge in [-0.05, 0) is 169 Å². The Morgan fingerprint density at radius 3 is 1.28 bits per heavy atom. The van der Waals surface area contributed by atoms with Crippen LogP contribution in [0.15, 0.2) is 219 Å². The van der Waals surface area contributed by atoms with Crippen molar-refractivity contribution in [2.45, 2.75) is 78.1 Å². The second-order valence-electron chi connectivity index (χ2n) is 21.6. The molecule has 74 heavy (non-hydrogen) atoms. The Balaban J connectivity index is 0.996. The lowest BCUT2D eigenvalue weighted by Crippen LogP contribution is -2.11. The maximum atomic E-state index is 9.40. The quantitative estimate of drug-likeness (QED) is 0.115. The van der Waals surface area contributed by atoms with Crippen molar-refractivity contribution in [3.05, 3.63) is 258 Å². The predicted octanol–water partition coefficient (Wildman–Crippen LogP) is 17.6. The van der Waals surface area contributed by atoms with Crippen molar-refractivity contribution in [2.24, 2.45) is 0 Å². The molecule has 0 N–H and O–H groups in total. The van der Waals surface area contributed by atoms with Gasteiger partial charge in [-0.25, -0.2) is 0 Å². The summed E-state index contributed by atoms with van der Waals surface area (Å²) in [5, 5.41) is 9.40. The van der Waals surface area contributed by atoms with Crippen LogP contribution < -0.4 is 0 Å².